The van der Waals surface area contributed by atoms with Gasteiger partial charge in [0.2, 0.25) is 0 Å². The van der Waals surface area contributed by atoms with Crippen LogP contribution in [0, 0.1) is 0 Å². The third-order valence-corrected chi connectivity index (χ3v) is 4.25. The van der Waals surface area contributed by atoms with Gasteiger partial charge in [-0.1, -0.05) is 0 Å². The summed E-state index contributed by atoms with van der Waals surface area (Å²) in [4.78, 5) is 3.93. The normalized spacial score (nSPS) is 18.8. The third kappa shape index (κ3) is 4.04. The van der Waals surface area contributed by atoms with E-state index in [1.807, 2.05) is 11.3 Å². The summed E-state index contributed by atoms with van der Waals surface area (Å²) in [5, 5.41) is 0. The lowest BCUT2D eigenvalue weighted by Gasteiger charge is -2.29. The summed E-state index contributed by atoms with van der Waals surface area (Å²) >= 11 is 5.31. The first kappa shape index (κ1) is 13.5. The molecule has 2 nitrogen and oxygen atoms in total. The minimum absolute atomic E-state index is 0. The van der Waals surface area contributed by atoms with Gasteiger partial charge in [-0.15, -0.1) is 23.7 Å². The summed E-state index contributed by atoms with van der Waals surface area (Å²) in [5.41, 5.74) is 5.86. The molecule has 1 saturated heterocycles. The van der Waals surface area contributed by atoms with Gasteiger partial charge in [0.15, 0.2) is 0 Å². The number of hydrogen-bond acceptors (Lipinski definition) is 3. The number of nitrogens with two attached hydrogens (primary N) is 1. The lowest BCUT2D eigenvalue weighted by molar-refractivity contribution is 0.207. The molecule has 0 atom stereocenters. The van der Waals surface area contributed by atoms with E-state index in [1.165, 1.54) is 8.66 Å². The number of rotatable bonds is 2. The van der Waals surface area contributed by atoms with Gasteiger partial charge in [-0.2, -0.15) is 0 Å². The van der Waals surface area contributed by atoms with Gasteiger partial charge >= 0.3 is 0 Å². The van der Waals surface area contributed by atoms with E-state index in [2.05, 4.69) is 33.0 Å². The standard InChI is InChI=1S/C10H15BrN2S.ClH/c11-10-2-1-9(14-10)7-13-5-3-8(12)4-6-13;/h1-2,8H,3-7,12H2;1H. The molecule has 0 aromatic carbocycles. The number of likely N-dealkylation sites (tertiary alicyclic amines) is 1. The number of thiophene rings is 1. The molecule has 0 bridgehead atoms. The summed E-state index contributed by atoms with van der Waals surface area (Å²) in [6.45, 7) is 3.39. The lowest BCUT2D eigenvalue weighted by atomic mass is 10.1. The van der Waals surface area contributed by atoms with Crippen molar-refractivity contribution in [1.29, 1.82) is 0 Å². The number of nitrogens with zero attached hydrogens (tertiary/aromatic N) is 1. The molecule has 1 aromatic rings. The Morgan fingerprint density at radius 1 is 1.40 bits per heavy atom. The second-order valence-electron chi connectivity index (χ2n) is 3.82. The topological polar surface area (TPSA) is 29.3 Å². The van der Waals surface area contributed by atoms with Crippen LogP contribution in [0.2, 0.25) is 0 Å². The van der Waals surface area contributed by atoms with E-state index in [0.717, 1.165) is 32.5 Å². The van der Waals surface area contributed by atoms with Crippen LogP contribution in [0.5, 0.6) is 0 Å². The van der Waals surface area contributed by atoms with Gasteiger partial charge in [0.25, 0.3) is 0 Å². The predicted molar refractivity (Wildman–Crippen MR) is 71.8 cm³/mol. The quantitative estimate of drug-likeness (QED) is 0.910. The highest BCUT2D eigenvalue weighted by Crippen LogP contribution is 2.24. The average Bonchev–Trinajstić information content (AvgIpc) is 2.56. The average molecular weight is 312 g/mol. The molecule has 1 fully saturated rings. The molecule has 1 aliphatic rings. The Balaban J connectivity index is 0.00000112. The Labute approximate surface area is 109 Å². The first-order valence-corrected chi connectivity index (χ1v) is 6.57. The maximum Gasteiger partial charge on any atom is 0.0701 e. The Morgan fingerprint density at radius 2 is 2.07 bits per heavy atom. The van der Waals surface area contributed by atoms with Gasteiger partial charge in [0, 0.05) is 17.5 Å². The molecule has 2 heterocycles. The molecule has 0 aliphatic carbocycles. The molecule has 5 heteroatoms. The molecule has 15 heavy (non-hydrogen) atoms. The Kier molecular flexibility index (Phi) is 5.57. The minimum atomic E-state index is 0. The van der Waals surface area contributed by atoms with Crippen molar-refractivity contribution in [3.8, 4) is 0 Å². The zero-order valence-corrected chi connectivity index (χ0v) is 11.7. The van der Waals surface area contributed by atoms with Crippen LogP contribution in [-0.4, -0.2) is 24.0 Å². The second kappa shape index (κ2) is 6.21. The molecule has 0 radical (unpaired) electrons. The largest absolute Gasteiger partial charge is 0.328 e. The highest BCUT2D eigenvalue weighted by atomic mass is 79.9. The van der Waals surface area contributed by atoms with E-state index < -0.39 is 0 Å². The highest BCUT2D eigenvalue weighted by molar-refractivity contribution is 9.11. The van der Waals surface area contributed by atoms with E-state index in [0.29, 0.717) is 6.04 Å². The summed E-state index contributed by atoms with van der Waals surface area (Å²) in [7, 11) is 0. The zero-order chi connectivity index (χ0) is 9.97. The van der Waals surface area contributed by atoms with E-state index >= 15 is 0 Å². The Hall–Kier alpha value is 0.390. The fourth-order valence-corrected chi connectivity index (χ4v) is 3.29. The Bertz CT molecular complexity index is 297. The number of halogens is 2. The minimum Gasteiger partial charge on any atom is -0.328 e. The fraction of sp³-hybridized carbons (Fsp3) is 0.600. The fourth-order valence-electron chi connectivity index (χ4n) is 1.77. The van der Waals surface area contributed by atoms with Crippen LogP contribution in [0.3, 0.4) is 0 Å². The van der Waals surface area contributed by atoms with Crippen molar-refractivity contribution in [3.63, 3.8) is 0 Å². The van der Waals surface area contributed by atoms with Gasteiger partial charge in [0.1, 0.15) is 0 Å². The van der Waals surface area contributed by atoms with Crippen LogP contribution in [0.1, 0.15) is 17.7 Å². The van der Waals surface area contributed by atoms with E-state index in [1.54, 1.807) is 0 Å². The molecule has 0 amide bonds. The molecular formula is C10H16BrClN2S. The maximum atomic E-state index is 5.86. The third-order valence-electron chi connectivity index (χ3n) is 2.64. The molecule has 0 saturated carbocycles. The van der Waals surface area contributed by atoms with E-state index in [-0.39, 0.29) is 12.4 Å². The number of piperidine rings is 1. The summed E-state index contributed by atoms with van der Waals surface area (Å²) in [5.74, 6) is 0. The summed E-state index contributed by atoms with van der Waals surface area (Å²) in [6.07, 6.45) is 2.29. The van der Waals surface area contributed by atoms with E-state index in [4.69, 9.17) is 5.73 Å². The smallest absolute Gasteiger partial charge is 0.0701 e. The van der Waals surface area contributed by atoms with Crippen LogP contribution in [0.25, 0.3) is 0 Å². The highest BCUT2D eigenvalue weighted by Gasteiger charge is 2.16. The molecule has 1 aromatic heterocycles. The molecule has 86 valence electrons. The summed E-state index contributed by atoms with van der Waals surface area (Å²) in [6, 6.07) is 4.75. The van der Waals surface area contributed by atoms with Gasteiger partial charge in [-0.05, 0) is 54.0 Å². The van der Waals surface area contributed by atoms with Crippen LogP contribution in [0.15, 0.2) is 15.9 Å². The molecule has 1 aliphatic heterocycles. The van der Waals surface area contributed by atoms with Crippen molar-refractivity contribution in [2.45, 2.75) is 25.4 Å². The van der Waals surface area contributed by atoms with Crippen molar-refractivity contribution in [1.82, 2.24) is 4.90 Å². The second-order valence-corrected chi connectivity index (χ2v) is 6.37. The Morgan fingerprint density at radius 3 is 2.60 bits per heavy atom. The van der Waals surface area contributed by atoms with Gasteiger partial charge in [-0.3, -0.25) is 4.90 Å². The molecule has 0 unspecified atom stereocenters. The van der Waals surface area contributed by atoms with E-state index in [9.17, 15) is 0 Å². The predicted octanol–water partition coefficient (Wildman–Crippen LogP) is 2.86. The molecule has 2 rings (SSSR count). The number of hydrogen-bond donors (Lipinski definition) is 1. The SMILES string of the molecule is Cl.NC1CCN(Cc2ccc(Br)s2)CC1. The van der Waals surface area contributed by atoms with Crippen LogP contribution in [0.4, 0.5) is 0 Å². The first-order valence-electron chi connectivity index (χ1n) is 4.96. The van der Waals surface area contributed by atoms with Crippen molar-refractivity contribution in [3.05, 3.63) is 20.8 Å². The van der Waals surface area contributed by atoms with Gasteiger partial charge < -0.3 is 5.73 Å². The summed E-state index contributed by atoms with van der Waals surface area (Å²) < 4.78 is 1.22. The van der Waals surface area contributed by atoms with Crippen molar-refractivity contribution < 1.29 is 0 Å². The molecule has 2 N–H and O–H groups in total. The lowest BCUT2D eigenvalue weighted by Crippen LogP contribution is -2.39. The van der Waals surface area contributed by atoms with Crippen molar-refractivity contribution in [2.24, 2.45) is 5.73 Å². The monoisotopic (exact) mass is 310 g/mol. The molecule has 0 spiro atoms. The van der Waals surface area contributed by atoms with Crippen LogP contribution >= 0.6 is 39.7 Å². The maximum absolute atomic E-state index is 5.86. The van der Waals surface area contributed by atoms with Crippen LogP contribution < -0.4 is 5.73 Å². The van der Waals surface area contributed by atoms with Crippen LogP contribution in [-0.2, 0) is 6.54 Å². The van der Waals surface area contributed by atoms with Crippen molar-refractivity contribution >= 4 is 39.7 Å². The van der Waals surface area contributed by atoms with Crippen molar-refractivity contribution in [2.75, 3.05) is 13.1 Å². The zero-order valence-electron chi connectivity index (χ0n) is 8.49. The van der Waals surface area contributed by atoms with Gasteiger partial charge in [-0.25, -0.2) is 0 Å². The molecular weight excluding hydrogens is 296 g/mol. The first-order chi connectivity index (χ1) is 6.74. The van der Waals surface area contributed by atoms with Gasteiger partial charge in [0.05, 0.1) is 3.79 Å².